The first-order valence-electron chi connectivity index (χ1n) is 13.8. The number of benzene rings is 4. The second kappa shape index (κ2) is 14.2. The van der Waals surface area contributed by atoms with E-state index in [0.717, 1.165) is 28.1 Å². The van der Waals surface area contributed by atoms with Crippen LogP contribution in [0.5, 0.6) is 5.75 Å². The molecule has 2 N–H and O–H groups in total. The quantitative estimate of drug-likeness (QED) is 0.147. The van der Waals surface area contributed by atoms with Gasteiger partial charge in [-0.2, -0.15) is 0 Å². The summed E-state index contributed by atoms with van der Waals surface area (Å²) in [6.07, 6.45) is 0.470. The highest BCUT2D eigenvalue weighted by atomic mass is 35.5. The minimum Gasteiger partial charge on any atom is -0.494 e. The van der Waals surface area contributed by atoms with Crippen LogP contribution >= 0.6 is 23.4 Å². The maximum Gasteiger partial charge on any atom is 0.319 e. The van der Waals surface area contributed by atoms with E-state index < -0.39 is 6.04 Å². The Morgan fingerprint density at radius 1 is 0.977 bits per heavy atom. The van der Waals surface area contributed by atoms with Gasteiger partial charge in [0.15, 0.2) is 11.0 Å². The molecule has 0 saturated heterocycles. The number of halogens is 2. The highest BCUT2D eigenvalue weighted by molar-refractivity contribution is 7.98. The predicted octanol–water partition coefficient (Wildman–Crippen LogP) is 8.16. The Kier molecular flexibility index (Phi) is 9.96. The van der Waals surface area contributed by atoms with Gasteiger partial charge in [-0.3, -0.25) is 4.57 Å². The summed E-state index contributed by atoms with van der Waals surface area (Å²) in [5.74, 6) is 1.54. The SMILES string of the molecule is CCOc1ccc(NC(=O)NC(Cc2ccccc2)c2nnc(SCc3ccc(F)cc3)n2-c2cc(Cl)ccc2C)cc1. The molecule has 7 nitrogen and oxygen atoms in total. The highest BCUT2D eigenvalue weighted by Crippen LogP contribution is 2.31. The molecule has 0 aliphatic carbocycles. The lowest BCUT2D eigenvalue weighted by atomic mass is 10.0. The molecule has 4 aromatic carbocycles. The molecule has 0 saturated carbocycles. The van der Waals surface area contributed by atoms with Gasteiger partial charge in [0, 0.05) is 22.9 Å². The lowest BCUT2D eigenvalue weighted by Crippen LogP contribution is -2.35. The molecule has 10 heteroatoms. The fourth-order valence-corrected chi connectivity index (χ4v) is 5.64. The molecule has 220 valence electrons. The Morgan fingerprint density at radius 3 is 2.44 bits per heavy atom. The summed E-state index contributed by atoms with van der Waals surface area (Å²) >= 11 is 7.93. The van der Waals surface area contributed by atoms with E-state index in [1.54, 1.807) is 24.3 Å². The van der Waals surface area contributed by atoms with Gasteiger partial charge in [-0.15, -0.1) is 10.2 Å². The molecular formula is C33H31ClFN5O2S. The molecule has 1 unspecified atom stereocenters. The van der Waals surface area contributed by atoms with Gasteiger partial charge >= 0.3 is 6.03 Å². The van der Waals surface area contributed by atoms with Gasteiger partial charge < -0.3 is 15.4 Å². The Balaban J connectivity index is 1.49. The monoisotopic (exact) mass is 615 g/mol. The number of rotatable bonds is 11. The Morgan fingerprint density at radius 2 is 1.72 bits per heavy atom. The molecular weight excluding hydrogens is 585 g/mol. The number of aromatic nitrogens is 3. The van der Waals surface area contributed by atoms with E-state index in [1.807, 2.05) is 79.1 Å². The fourth-order valence-electron chi connectivity index (χ4n) is 4.56. The molecule has 2 amide bonds. The van der Waals surface area contributed by atoms with Crippen LogP contribution in [0.2, 0.25) is 5.02 Å². The summed E-state index contributed by atoms with van der Waals surface area (Å²) < 4.78 is 20.9. The second-order valence-corrected chi connectivity index (χ2v) is 11.2. The molecule has 0 radical (unpaired) electrons. The summed E-state index contributed by atoms with van der Waals surface area (Å²) in [4.78, 5) is 13.3. The van der Waals surface area contributed by atoms with Gasteiger partial charge in [-0.25, -0.2) is 9.18 Å². The summed E-state index contributed by atoms with van der Waals surface area (Å²) in [6, 6.07) is 28.2. The van der Waals surface area contributed by atoms with Crippen LogP contribution in [0, 0.1) is 12.7 Å². The number of ether oxygens (including phenoxy) is 1. The van der Waals surface area contributed by atoms with Crippen molar-refractivity contribution in [1.82, 2.24) is 20.1 Å². The number of urea groups is 1. The average molecular weight is 616 g/mol. The number of thioether (sulfide) groups is 1. The van der Waals surface area contributed by atoms with Crippen LogP contribution in [-0.2, 0) is 12.2 Å². The molecule has 0 aliphatic heterocycles. The Labute approximate surface area is 259 Å². The van der Waals surface area contributed by atoms with Crippen molar-refractivity contribution in [3.05, 3.63) is 130 Å². The van der Waals surface area contributed by atoms with E-state index in [-0.39, 0.29) is 11.8 Å². The van der Waals surface area contributed by atoms with E-state index in [2.05, 4.69) is 20.8 Å². The second-order valence-electron chi connectivity index (χ2n) is 9.82. The third-order valence-electron chi connectivity index (χ3n) is 6.67. The first kappa shape index (κ1) is 30.1. The molecule has 1 atom stereocenters. The molecule has 0 bridgehead atoms. The van der Waals surface area contributed by atoms with Crippen LogP contribution in [0.1, 0.15) is 35.5 Å². The van der Waals surface area contributed by atoms with Gasteiger partial charge in [-0.05, 0) is 79.1 Å². The number of carbonyl (C=O) groups excluding carboxylic acids is 1. The van der Waals surface area contributed by atoms with Gasteiger partial charge in [0.2, 0.25) is 0 Å². The van der Waals surface area contributed by atoms with Crippen molar-refractivity contribution in [2.75, 3.05) is 11.9 Å². The normalized spacial score (nSPS) is 11.6. The fraction of sp³-hybridized carbons (Fsp3) is 0.182. The summed E-state index contributed by atoms with van der Waals surface area (Å²) in [6.45, 7) is 4.47. The first-order valence-corrected chi connectivity index (χ1v) is 15.2. The maximum atomic E-state index is 13.5. The summed E-state index contributed by atoms with van der Waals surface area (Å²) in [5, 5.41) is 16.4. The first-order chi connectivity index (χ1) is 20.9. The minimum atomic E-state index is -0.545. The summed E-state index contributed by atoms with van der Waals surface area (Å²) in [7, 11) is 0. The largest absolute Gasteiger partial charge is 0.494 e. The van der Waals surface area contributed by atoms with Gasteiger partial charge in [-0.1, -0.05) is 71.9 Å². The average Bonchev–Trinajstić information content (AvgIpc) is 3.43. The minimum absolute atomic E-state index is 0.285. The number of hydrogen-bond acceptors (Lipinski definition) is 5. The van der Waals surface area contributed by atoms with Crippen LogP contribution < -0.4 is 15.4 Å². The zero-order valence-corrected chi connectivity index (χ0v) is 25.3. The van der Waals surface area contributed by atoms with E-state index in [0.29, 0.717) is 40.5 Å². The zero-order valence-electron chi connectivity index (χ0n) is 23.8. The third-order valence-corrected chi connectivity index (χ3v) is 7.91. The number of anilines is 1. The van der Waals surface area contributed by atoms with Crippen LogP contribution in [0.3, 0.4) is 0 Å². The highest BCUT2D eigenvalue weighted by Gasteiger charge is 2.26. The van der Waals surface area contributed by atoms with E-state index in [1.165, 1.54) is 23.9 Å². The molecule has 0 spiro atoms. The number of carbonyl (C=O) groups is 1. The third kappa shape index (κ3) is 7.94. The molecule has 0 fully saturated rings. The number of hydrogen-bond donors (Lipinski definition) is 2. The lowest BCUT2D eigenvalue weighted by Gasteiger charge is -2.21. The van der Waals surface area contributed by atoms with Crippen molar-refractivity contribution in [1.29, 1.82) is 0 Å². The van der Waals surface area contributed by atoms with E-state index in [9.17, 15) is 9.18 Å². The number of nitrogens with one attached hydrogen (secondary N) is 2. The predicted molar refractivity (Wildman–Crippen MR) is 170 cm³/mol. The topological polar surface area (TPSA) is 81.1 Å². The van der Waals surface area contributed by atoms with Crippen molar-refractivity contribution in [2.45, 2.75) is 37.2 Å². The van der Waals surface area contributed by atoms with Crippen LogP contribution in [-0.4, -0.2) is 27.4 Å². The zero-order chi connectivity index (χ0) is 30.2. The van der Waals surface area contributed by atoms with E-state index >= 15 is 0 Å². The number of amides is 2. The Bertz CT molecular complexity index is 1660. The van der Waals surface area contributed by atoms with Crippen LogP contribution in [0.4, 0.5) is 14.9 Å². The lowest BCUT2D eigenvalue weighted by molar-refractivity contribution is 0.247. The van der Waals surface area contributed by atoms with Crippen LogP contribution in [0.25, 0.3) is 5.69 Å². The number of nitrogens with zero attached hydrogens (tertiary/aromatic N) is 3. The van der Waals surface area contributed by atoms with Crippen molar-refractivity contribution < 1.29 is 13.9 Å². The number of aryl methyl sites for hydroxylation is 1. The van der Waals surface area contributed by atoms with Crippen molar-refractivity contribution in [3.63, 3.8) is 0 Å². The van der Waals surface area contributed by atoms with E-state index in [4.69, 9.17) is 16.3 Å². The van der Waals surface area contributed by atoms with Gasteiger partial charge in [0.25, 0.3) is 0 Å². The maximum absolute atomic E-state index is 13.5. The van der Waals surface area contributed by atoms with Crippen LogP contribution in [0.15, 0.2) is 102 Å². The van der Waals surface area contributed by atoms with Crippen molar-refractivity contribution in [3.8, 4) is 11.4 Å². The van der Waals surface area contributed by atoms with Crippen molar-refractivity contribution in [2.24, 2.45) is 0 Å². The molecule has 43 heavy (non-hydrogen) atoms. The van der Waals surface area contributed by atoms with Gasteiger partial charge in [0.05, 0.1) is 18.3 Å². The molecule has 1 aromatic heterocycles. The van der Waals surface area contributed by atoms with Gasteiger partial charge in [0.1, 0.15) is 11.6 Å². The summed E-state index contributed by atoms with van der Waals surface area (Å²) in [5.41, 5.74) is 4.36. The molecule has 0 aliphatic rings. The molecule has 5 aromatic rings. The standard InChI is InChI=1S/C33H31ClFN5O2S/c1-3-42-28-17-15-27(16-18-28)36-32(41)37-29(19-23-7-5-4-6-8-23)31-38-39-33(43-21-24-10-13-26(35)14-11-24)40(31)30-20-25(34)12-9-22(30)2/h4-18,20,29H,3,19,21H2,1-2H3,(H2,36,37,41). The van der Waals surface area contributed by atoms with Crippen molar-refractivity contribution >= 4 is 35.1 Å². The smallest absolute Gasteiger partial charge is 0.319 e. The Hall–Kier alpha value is -4.34. The molecule has 5 rings (SSSR count). The molecule has 1 heterocycles.